The molecule has 0 aliphatic carbocycles. The van der Waals surface area contributed by atoms with Crippen LogP contribution in [0.4, 0.5) is 0 Å². The second-order valence-corrected chi connectivity index (χ2v) is 16.0. The first-order valence-electron chi connectivity index (χ1n) is 23.1. The molecule has 0 aliphatic rings. The summed E-state index contributed by atoms with van der Waals surface area (Å²) in [7, 11) is 0. The number of unbranched alkanes of at least 4 members (excludes halogenated alkanes) is 37. The lowest BCUT2D eigenvalue weighted by Gasteiger charge is -2.09. The third-order valence-corrected chi connectivity index (χ3v) is 10.9. The molecule has 0 aromatic carbocycles. The molecule has 0 heterocycles. The highest BCUT2D eigenvalue weighted by atomic mass is 16.6. The number of rotatable bonds is 43. The van der Waals surface area contributed by atoms with Gasteiger partial charge in [0.15, 0.2) is 6.10 Å². The molecule has 2 N–H and O–H groups in total. The van der Waals surface area contributed by atoms with Crippen molar-refractivity contribution in [3.05, 3.63) is 0 Å². The van der Waals surface area contributed by atoms with Crippen molar-refractivity contribution < 1.29 is 24.5 Å². The van der Waals surface area contributed by atoms with E-state index in [2.05, 4.69) is 6.92 Å². The quantitative estimate of drug-likeness (QED) is 0.0372. The van der Waals surface area contributed by atoms with E-state index in [0.717, 1.165) is 44.9 Å². The molecule has 5 heteroatoms. The van der Waals surface area contributed by atoms with Gasteiger partial charge in [0.25, 0.3) is 0 Å². The number of esters is 2. The fraction of sp³-hybridized carbons (Fsp3) is 0.957. The van der Waals surface area contributed by atoms with Crippen molar-refractivity contribution in [1.82, 2.24) is 0 Å². The number of carbonyl (C=O) groups is 2. The first-order chi connectivity index (χ1) is 25.1. The van der Waals surface area contributed by atoms with Crippen LogP contribution in [0.25, 0.3) is 0 Å². The van der Waals surface area contributed by atoms with Gasteiger partial charge in [0, 0.05) is 13.0 Å². The van der Waals surface area contributed by atoms with E-state index in [9.17, 15) is 14.7 Å². The molecule has 0 spiro atoms. The van der Waals surface area contributed by atoms with Gasteiger partial charge in [-0.25, -0.2) is 4.79 Å². The monoisotopic (exact) mass is 723 g/mol. The average Bonchev–Trinajstić information content (AvgIpc) is 3.13. The molecule has 0 amide bonds. The van der Waals surface area contributed by atoms with E-state index < -0.39 is 18.0 Å². The Morgan fingerprint density at radius 2 is 0.647 bits per heavy atom. The lowest BCUT2D eigenvalue weighted by Crippen LogP contribution is -2.25. The molecular formula is C46H90O5. The molecule has 0 saturated carbocycles. The largest absolute Gasteiger partial charge is 0.396 e. The molecule has 0 bridgehead atoms. The van der Waals surface area contributed by atoms with Gasteiger partial charge in [-0.15, -0.1) is 0 Å². The number of hydrogen-bond donors (Lipinski definition) is 2. The van der Waals surface area contributed by atoms with Crippen LogP contribution in [0.2, 0.25) is 0 Å². The van der Waals surface area contributed by atoms with Crippen LogP contribution in [0.3, 0.4) is 0 Å². The molecule has 0 aromatic heterocycles. The van der Waals surface area contributed by atoms with Crippen LogP contribution < -0.4 is 0 Å². The van der Waals surface area contributed by atoms with Gasteiger partial charge in [0.2, 0.25) is 0 Å². The van der Waals surface area contributed by atoms with Crippen molar-refractivity contribution in [1.29, 1.82) is 0 Å². The van der Waals surface area contributed by atoms with Crippen molar-refractivity contribution >= 4 is 11.9 Å². The maximum absolute atomic E-state index is 12.1. The van der Waals surface area contributed by atoms with Crippen molar-refractivity contribution in [3.8, 4) is 0 Å². The van der Waals surface area contributed by atoms with E-state index in [1.807, 2.05) is 0 Å². The van der Waals surface area contributed by atoms with E-state index >= 15 is 0 Å². The Kier molecular flexibility index (Phi) is 42.7. The van der Waals surface area contributed by atoms with Gasteiger partial charge in [-0.2, -0.15) is 0 Å². The van der Waals surface area contributed by atoms with Crippen molar-refractivity contribution in [2.75, 3.05) is 6.61 Å². The molecule has 0 rings (SSSR count). The standard InChI is InChI=1S/C46H90O5/c1-2-3-4-5-6-7-8-9-23-26-29-32-35-38-41-44(48)46(50)51-45(49)42-39-36-33-30-27-24-21-19-17-15-13-11-10-12-14-16-18-20-22-25-28-31-34-37-40-43-47/h44,47-48H,2-43H2,1H3. The number of aliphatic hydroxyl groups is 2. The normalized spacial score (nSPS) is 12.1. The smallest absolute Gasteiger partial charge is 0.342 e. The molecule has 1 atom stereocenters. The lowest BCUT2D eigenvalue weighted by molar-refractivity contribution is -0.166. The second kappa shape index (κ2) is 43.5. The summed E-state index contributed by atoms with van der Waals surface area (Å²) in [4.78, 5) is 24.1. The molecule has 0 saturated heterocycles. The third kappa shape index (κ3) is 41.7. The van der Waals surface area contributed by atoms with Crippen molar-refractivity contribution in [2.45, 2.75) is 276 Å². The van der Waals surface area contributed by atoms with Crippen molar-refractivity contribution in [3.63, 3.8) is 0 Å². The van der Waals surface area contributed by atoms with Crippen molar-refractivity contribution in [2.24, 2.45) is 0 Å². The van der Waals surface area contributed by atoms with E-state index in [1.54, 1.807) is 0 Å². The SMILES string of the molecule is CCCCCCCCCCCCCCCCC(O)C(=O)OC(=O)CCCCCCCCCCCCCCCCCCCCCCCCCCCO. The molecule has 51 heavy (non-hydrogen) atoms. The highest BCUT2D eigenvalue weighted by Crippen LogP contribution is 2.17. The lowest BCUT2D eigenvalue weighted by atomic mass is 10.0. The van der Waals surface area contributed by atoms with E-state index in [0.29, 0.717) is 13.0 Å². The molecule has 0 radical (unpaired) electrons. The first-order valence-corrected chi connectivity index (χ1v) is 23.1. The Hall–Kier alpha value is -0.940. The van der Waals surface area contributed by atoms with E-state index in [1.165, 1.54) is 205 Å². The van der Waals surface area contributed by atoms with E-state index in [4.69, 9.17) is 9.84 Å². The maximum atomic E-state index is 12.1. The zero-order chi connectivity index (χ0) is 37.1. The van der Waals surface area contributed by atoms with Gasteiger partial charge in [-0.3, -0.25) is 4.79 Å². The summed E-state index contributed by atoms with van der Waals surface area (Å²) in [6.07, 6.45) is 49.9. The Labute approximate surface area is 318 Å². The zero-order valence-corrected chi connectivity index (χ0v) is 34.4. The summed E-state index contributed by atoms with van der Waals surface area (Å²) >= 11 is 0. The summed E-state index contributed by atoms with van der Waals surface area (Å²) < 4.78 is 4.91. The molecule has 304 valence electrons. The summed E-state index contributed by atoms with van der Waals surface area (Å²) in [6.45, 7) is 2.62. The highest BCUT2D eigenvalue weighted by molar-refractivity contribution is 5.87. The molecule has 1 unspecified atom stereocenters. The minimum Gasteiger partial charge on any atom is -0.396 e. The fourth-order valence-electron chi connectivity index (χ4n) is 7.33. The van der Waals surface area contributed by atoms with Gasteiger partial charge >= 0.3 is 11.9 Å². The van der Waals surface area contributed by atoms with Gasteiger partial charge in [-0.05, 0) is 19.3 Å². The minimum absolute atomic E-state index is 0.269. The van der Waals surface area contributed by atoms with E-state index in [-0.39, 0.29) is 6.42 Å². The van der Waals surface area contributed by atoms with Crippen LogP contribution in [0.5, 0.6) is 0 Å². The first kappa shape index (κ1) is 50.1. The van der Waals surface area contributed by atoms with Gasteiger partial charge < -0.3 is 14.9 Å². The Balaban J connectivity index is 3.32. The third-order valence-electron chi connectivity index (χ3n) is 10.9. The Bertz CT molecular complexity index is 695. The molecular weight excluding hydrogens is 633 g/mol. The molecule has 0 fully saturated rings. The fourth-order valence-corrected chi connectivity index (χ4v) is 7.33. The zero-order valence-electron chi connectivity index (χ0n) is 34.4. The van der Waals surface area contributed by atoms with Crippen LogP contribution >= 0.6 is 0 Å². The Morgan fingerprint density at radius 1 is 0.392 bits per heavy atom. The van der Waals surface area contributed by atoms with Crippen LogP contribution in [-0.4, -0.2) is 34.9 Å². The van der Waals surface area contributed by atoms with Crippen LogP contribution in [-0.2, 0) is 14.3 Å². The highest BCUT2D eigenvalue weighted by Gasteiger charge is 2.19. The molecule has 0 aromatic rings. The van der Waals surface area contributed by atoms with Crippen LogP contribution in [0.1, 0.15) is 270 Å². The average molecular weight is 723 g/mol. The molecule has 0 aliphatic heterocycles. The Morgan fingerprint density at radius 3 is 0.941 bits per heavy atom. The number of hydrogen-bond acceptors (Lipinski definition) is 5. The summed E-state index contributed by atoms with van der Waals surface area (Å²) in [5.41, 5.74) is 0. The van der Waals surface area contributed by atoms with Gasteiger partial charge in [0.1, 0.15) is 0 Å². The minimum atomic E-state index is -1.17. The second-order valence-electron chi connectivity index (χ2n) is 16.0. The van der Waals surface area contributed by atoms with Gasteiger partial charge in [0.05, 0.1) is 0 Å². The summed E-state index contributed by atoms with van der Waals surface area (Å²) in [5, 5.41) is 18.9. The van der Waals surface area contributed by atoms with Gasteiger partial charge in [-0.1, -0.05) is 244 Å². The maximum Gasteiger partial charge on any atom is 0.342 e. The number of carbonyl (C=O) groups excluding carboxylic acids is 2. The number of ether oxygens (including phenoxy) is 1. The summed E-state index contributed by atoms with van der Waals surface area (Å²) in [6, 6.07) is 0. The predicted octanol–water partition coefficient (Wildman–Crippen LogP) is 14.4. The van der Waals surface area contributed by atoms with Crippen LogP contribution in [0.15, 0.2) is 0 Å². The van der Waals surface area contributed by atoms with Crippen LogP contribution in [0, 0.1) is 0 Å². The number of aliphatic hydroxyl groups excluding tert-OH is 2. The molecule has 5 nitrogen and oxygen atoms in total. The predicted molar refractivity (Wildman–Crippen MR) is 219 cm³/mol. The topological polar surface area (TPSA) is 83.8 Å². The summed E-state index contributed by atoms with van der Waals surface area (Å²) in [5.74, 6) is -1.25.